The quantitative estimate of drug-likeness (QED) is 0.775. The van der Waals surface area contributed by atoms with Crippen LogP contribution < -0.4 is 14.8 Å². The van der Waals surface area contributed by atoms with Crippen LogP contribution in [0.5, 0.6) is 11.5 Å². The van der Waals surface area contributed by atoms with Crippen molar-refractivity contribution in [3.63, 3.8) is 0 Å². The molecule has 2 aromatic carbocycles. The molecular formula is C21H27NO3. The number of ether oxygens (including phenoxy) is 2. The maximum atomic E-state index is 9.56. The maximum Gasteiger partial charge on any atom is 0.122 e. The number of methoxy groups -OCH3 is 1. The van der Waals surface area contributed by atoms with Crippen LogP contribution in [-0.2, 0) is 12.8 Å². The van der Waals surface area contributed by atoms with Gasteiger partial charge in [0.05, 0.1) is 19.8 Å². The Kier molecular flexibility index (Phi) is 6.31. The molecule has 4 heteroatoms. The summed E-state index contributed by atoms with van der Waals surface area (Å²) >= 11 is 0. The average molecular weight is 341 g/mol. The van der Waals surface area contributed by atoms with Crippen LogP contribution in [-0.4, -0.2) is 37.5 Å². The zero-order chi connectivity index (χ0) is 17.5. The van der Waals surface area contributed by atoms with Gasteiger partial charge in [0.15, 0.2) is 0 Å². The van der Waals surface area contributed by atoms with Gasteiger partial charge in [-0.15, -0.1) is 0 Å². The molecule has 1 fully saturated rings. The fourth-order valence-corrected chi connectivity index (χ4v) is 3.29. The van der Waals surface area contributed by atoms with Crippen molar-refractivity contribution in [1.29, 1.82) is 0 Å². The monoisotopic (exact) mass is 341 g/mol. The molecule has 134 valence electrons. The molecule has 0 saturated carbocycles. The maximum absolute atomic E-state index is 9.56. The van der Waals surface area contributed by atoms with E-state index in [2.05, 4.69) is 29.6 Å². The van der Waals surface area contributed by atoms with Crippen LogP contribution in [0.15, 0.2) is 48.5 Å². The number of para-hydroxylation sites is 1. The summed E-state index contributed by atoms with van der Waals surface area (Å²) in [7, 11) is 1.69. The van der Waals surface area contributed by atoms with Gasteiger partial charge in [0, 0.05) is 12.6 Å². The predicted octanol–water partition coefficient (Wildman–Crippen LogP) is 2.97. The van der Waals surface area contributed by atoms with E-state index in [-0.39, 0.29) is 6.10 Å². The third-order valence-electron chi connectivity index (χ3n) is 4.71. The highest BCUT2D eigenvalue weighted by molar-refractivity contribution is 5.35. The average Bonchev–Trinajstić information content (AvgIpc) is 3.06. The molecule has 0 radical (unpaired) electrons. The first-order chi connectivity index (χ1) is 12.2. The van der Waals surface area contributed by atoms with Crippen molar-refractivity contribution in [2.75, 3.05) is 20.3 Å². The molecular weight excluding hydrogens is 314 g/mol. The smallest absolute Gasteiger partial charge is 0.122 e. The van der Waals surface area contributed by atoms with E-state index in [1.807, 2.05) is 24.3 Å². The van der Waals surface area contributed by atoms with Gasteiger partial charge in [-0.25, -0.2) is 0 Å². The summed E-state index contributed by atoms with van der Waals surface area (Å²) in [6.45, 7) is 1.36. The lowest BCUT2D eigenvalue weighted by Crippen LogP contribution is -2.23. The van der Waals surface area contributed by atoms with E-state index < -0.39 is 0 Å². The van der Waals surface area contributed by atoms with Crippen LogP contribution in [0.3, 0.4) is 0 Å². The summed E-state index contributed by atoms with van der Waals surface area (Å²) in [5.41, 5.74) is 2.49. The van der Waals surface area contributed by atoms with Crippen LogP contribution in [0.2, 0.25) is 0 Å². The SMILES string of the molecule is COc1cccc(CCc2ccccc2OCC[C@@H]2C[C@@H](O)CN2)c1. The van der Waals surface area contributed by atoms with Crippen LogP contribution in [0.25, 0.3) is 0 Å². The van der Waals surface area contributed by atoms with Crippen LogP contribution in [0.1, 0.15) is 24.0 Å². The molecule has 1 saturated heterocycles. The molecule has 4 nitrogen and oxygen atoms in total. The van der Waals surface area contributed by atoms with Crippen molar-refractivity contribution in [2.24, 2.45) is 0 Å². The highest BCUT2D eigenvalue weighted by Crippen LogP contribution is 2.22. The molecule has 0 aromatic heterocycles. The Labute approximate surface area is 149 Å². The van der Waals surface area contributed by atoms with Gasteiger partial charge in [-0.3, -0.25) is 0 Å². The molecule has 3 rings (SSSR count). The summed E-state index contributed by atoms with van der Waals surface area (Å²) in [5, 5.41) is 12.9. The molecule has 1 aliphatic heterocycles. The Morgan fingerprint density at radius 1 is 1.12 bits per heavy atom. The minimum absolute atomic E-state index is 0.208. The normalized spacial score (nSPS) is 19.8. The minimum atomic E-state index is -0.208. The molecule has 1 aliphatic rings. The zero-order valence-corrected chi connectivity index (χ0v) is 14.8. The Balaban J connectivity index is 1.53. The molecule has 0 amide bonds. The van der Waals surface area contributed by atoms with Crippen molar-refractivity contribution in [2.45, 2.75) is 37.8 Å². The molecule has 0 bridgehead atoms. The molecule has 0 aliphatic carbocycles. The van der Waals surface area contributed by atoms with Crippen molar-refractivity contribution >= 4 is 0 Å². The third kappa shape index (κ3) is 5.21. The van der Waals surface area contributed by atoms with E-state index in [0.717, 1.165) is 37.2 Å². The summed E-state index contributed by atoms with van der Waals surface area (Å²) in [4.78, 5) is 0. The van der Waals surface area contributed by atoms with Crippen molar-refractivity contribution in [3.8, 4) is 11.5 Å². The van der Waals surface area contributed by atoms with E-state index in [0.29, 0.717) is 19.2 Å². The molecule has 2 aromatic rings. The lowest BCUT2D eigenvalue weighted by Gasteiger charge is -2.14. The topological polar surface area (TPSA) is 50.7 Å². The first-order valence-corrected chi connectivity index (χ1v) is 8.99. The standard InChI is InChI=1S/C21H27NO3/c1-24-20-7-4-5-16(13-20)9-10-17-6-2-3-8-21(17)25-12-11-18-14-19(23)15-22-18/h2-8,13,18-19,22-23H,9-12,14-15H2,1H3/t18-,19-/m1/s1. The number of nitrogens with one attached hydrogen (secondary N) is 1. The van der Waals surface area contributed by atoms with E-state index in [4.69, 9.17) is 9.47 Å². The molecule has 2 N–H and O–H groups in total. The Morgan fingerprint density at radius 3 is 2.80 bits per heavy atom. The Morgan fingerprint density at radius 2 is 2.00 bits per heavy atom. The number of aliphatic hydroxyl groups is 1. The summed E-state index contributed by atoms with van der Waals surface area (Å²) in [6, 6.07) is 16.8. The molecule has 0 unspecified atom stereocenters. The molecule has 0 spiro atoms. The van der Waals surface area contributed by atoms with Crippen molar-refractivity contribution in [3.05, 3.63) is 59.7 Å². The fraction of sp³-hybridized carbons (Fsp3) is 0.429. The second-order valence-corrected chi connectivity index (χ2v) is 6.59. The summed E-state index contributed by atoms with van der Waals surface area (Å²) < 4.78 is 11.3. The van der Waals surface area contributed by atoms with Gasteiger partial charge in [0.2, 0.25) is 0 Å². The number of hydrogen-bond donors (Lipinski definition) is 2. The minimum Gasteiger partial charge on any atom is -0.497 e. The lowest BCUT2D eigenvalue weighted by molar-refractivity contribution is 0.191. The zero-order valence-electron chi connectivity index (χ0n) is 14.8. The number of hydrogen-bond acceptors (Lipinski definition) is 4. The van der Waals surface area contributed by atoms with Crippen molar-refractivity contribution < 1.29 is 14.6 Å². The number of aryl methyl sites for hydroxylation is 2. The van der Waals surface area contributed by atoms with E-state index in [1.165, 1.54) is 11.1 Å². The van der Waals surface area contributed by atoms with Gasteiger partial charge >= 0.3 is 0 Å². The third-order valence-corrected chi connectivity index (χ3v) is 4.71. The van der Waals surface area contributed by atoms with Crippen LogP contribution in [0, 0.1) is 0 Å². The van der Waals surface area contributed by atoms with E-state index in [9.17, 15) is 5.11 Å². The molecule has 2 atom stereocenters. The van der Waals surface area contributed by atoms with Crippen LogP contribution in [0.4, 0.5) is 0 Å². The number of β-amino-alcohol motifs (C(OH)–C–C–N with tert-alkyl or cyclic N) is 1. The van der Waals surface area contributed by atoms with Crippen molar-refractivity contribution in [1.82, 2.24) is 5.32 Å². The number of aliphatic hydroxyl groups excluding tert-OH is 1. The fourth-order valence-electron chi connectivity index (χ4n) is 3.29. The molecule has 25 heavy (non-hydrogen) atoms. The van der Waals surface area contributed by atoms with E-state index >= 15 is 0 Å². The summed E-state index contributed by atoms with van der Waals surface area (Å²) in [6.07, 6.45) is 3.42. The van der Waals surface area contributed by atoms with Gasteiger partial charge in [-0.05, 0) is 55.0 Å². The van der Waals surface area contributed by atoms with Crippen LogP contribution >= 0.6 is 0 Å². The Hall–Kier alpha value is -2.04. The second-order valence-electron chi connectivity index (χ2n) is 6.59. The summed E-state index contributed by atoms with van der Waals surface area (Å²) in [5.74, 6) is 1.86. The van der Waals surface area contributed by atoms with E-state index in [1.54, 1.807) is 7.11 Å². The van der Waals surface area contributed by atoms with Gasteiger partial charge in [-0.1, -0.05) is 30.3 Å². The van der Waals surface area contributed by atoms with Gasteiger partial charge in [0.1, 0.15) is 11.5 Å². The Bertz CT molecular complexity index is 674. The molecule has 1 heterocycles. The predicted molar refractivity (Wildman–Crippen MR) is 99.4 cm³/mol. The first kappa shape index (κ1) is 17.8. The number of rotatable bonds is 8. The largest absolute Gasteiger partial charge is 0.497 e. The van der Waals surface area contributed by atoms with Gasteiger partial charge in [0.25, 0.3) is 0 Å². The van der Waals surface area contributed by atoms with Gasteiger partial charge < -0.3 is 19.9 Å². The lowest BCUT2D eigenvalue weighted by atomic mass is 10.0. The van der Waals surface area contributed by atoms with Gasteiger partial charge in [-0.2, -0.15) is 0 Å². The second kappa shape index (κ2) is 8.88. The highest BCUT2D eigenvalue weighted by atomic mass is 16.5. The number of benzene rings is 2. The highest BCUT2D eigenvalue weighted by Gasteiger charge is 2.21. The first-order valence-electron chi connectivity index (χ1n) is 8.99.